The van der Waals surface area contributed by atoms with E-state index in [1.807, 2.05) is 24.0 Å². The van der Waals surface area contributed by atoms with Crippen LogP contribution in [0.4, 0.5) is 0 Å². The highest BCUT2D eigenvalue weighted by Gasteiger charge is 2.21. The third kappa shape index (κ3) is 2.79. The molecule has 1 aromatic rings. The van der Waals surface area contributed by atoms with E-state index in [9.17, 15) is 0 Å². The van der Waals surface area contributed by atoms with Gasteiger partial charge in [-0.1, -0.05) is 0 Å². The van der Waals surface area contributed by atoms with Gasteiger partial charge in [-0.15, -0.1) is 0 Å². The van der Waals surface area contributed by atoms with Gasteiger partial charge < -0.3 is 10.5 Å². The first-order valence-electron chi connectivity index (χ1n) is 5.61. The van der Waals surface area contributed by atoms with Crippen LogP contribution < -0.4 is 5.73 Å². The molecule has 0 radical (unpaired) electrons. The molecule has 2 rings (SSSR count). The zero-order chi connectivity index (χ0) is 10.7. The summed E-state index contributed by atoms with van der Waals surface area (Å²) in [5, 5.41) is 4.33. The van der Waals surface area contributed by atoms with Gasteiger partial charge in [-0.3, -0.25) is 4.68 Å². The molecule has 0 spiro atoms. The van der Waals surface area contributed by atoms with E-state index < -0.39 is 0 Å². The van der Waals surface area contributed by atoms with Gasteiger partial charge in [-0.2, -0.15) is 5.10 Å². The molecule has 84 valence electrons. The van der Waals surface area contributed by atoms with Gasteiger partial charge in [-0.05, 0) is 25.3 Å². The Bertz CT molecular complexity index is 305. The van der Waals surface area contributed by atoms with Gasteiger partial charge in [0.05, 0.1) is 11.8 Å². The fraction of sp³-hybridized carbons (Fsp3) is 0.727. The second kappa shape index (κ2) is 4.77. The maximum absolute atomic E-state index is 6.12. The number of nitrogens with two attached hydrogens (primary N) is 1. The molecule has 0 saturated carbocycles. The second-order valence-corrected chi connectivity index (χ2v) is 4.25. The fourth-order valence-corrected chi connectivity index (χ4v) is 2.05. The number of rotatable bonds is 3. The average molecular weight is 209 g/mol. The smallest absolute Gasteiger partial charge is 0.0729 e. The molecule has 4 nitrogen and oxygen atoms in total. The Morgan fingerprint density at radius 3 is 3.13 bits per heavy atom. The topological polar surface area (TPSA) is 53.1 Å². The lowest BCUT2D eigenvalue weighted by molar-refractivity contribution is 0.000451. The molecule has 1 saturated heterocycles. The Morgan fingerprint density at radius 1 is 1.67 bits per heavy atom. The molecule has 2 heterocycles. The molecule has 0 aliphatic carbocycles. The molecule has 1 aromatic heterocycles. The Balaban J connectivity index is 1.88. The number of aryl methyl sites for hydroxylation is 1. The first-order valence-corrected chi connectivity index (χ1v) is 5.61. The third-order valence-corrected chi connectivity index (χ3v) is 2.91. The molecule has 1 fully saturated rings. The lowest BCUT2D eigenvalue weighted by Crippen LogP contribution is -2.40. The molecule has 2 N–H and O–H groups in total. The number of hydrogen-bond acceptors (Lipinski definition) is 3. The van der Waals surface area contributed by atoms with E-state index in [0.717, 1.165) is 25.1 Å². The van der Waals surface area contributed by atoms with Crippen molar-refractivity contribution >= 4 is 0 Å². The fourth-order valence-electron chi connectivity index (χ4n) is 2.05. The summed E-state index contributed by atoms with van der Waals surface area (Å²) in [6.45, 7) is 0.862. The van der Waals surface area contributed by atoms with Crippen LogP contribution in [-0.4, -0.2) is 28.5 Å². The molecule has 15 heavy (non-hydrogen) atoms. The number of aromatic nitrogens is 2. The highest BCUT2D eigenvalue weighted by atomic mass is 16.5. The summed E-state index contributed by atoms with van der Waals surface area (Å²) in [5.41, 5.74) is 7.17. The molecular formula is C11H19N3O. The molecule has 0 bridgehead atoms. The largest absolute Gasteiger partial charge is 0.377 e. The van der Waals surface area contributed by atoms with Crippen molar-refractivity contribution in [3.05, 3.63) is 18.0 Å². The van der Waals surface area contributed by atoms with Crippen LogP contribution in [0.25, 0.3) is 0 Å². The monoisotopic (exact) mass is 209 g/mol. The van der Waals surface area contributed by atoms with Crippen molar-refractivity contribution in [2.24, 2.45) is 12.8 Å². The molecule has 4 heteroatoms. The zero-order valence-corrected chi connectivity index (χ0v) is 9.22. The normalized spacial score (nSPS) is 24.0. The molecule has 1 aliphatic rings. The van der Waals surface area contributed by atoms with Gasteiger partial charge in [0, 0.05) is 32.3 Å². The van der Waals surface area contributed by atoms with E-state index in [-0.39, 0.29) is 12.1 Å². The summed E-state index contributed by atoms with van der Waals surface area (Å²) >= 11 is 0. The van der Waals surface area contributed by atoms with Gasteiger partial charge in [-0.25, -0.2) is 0 Å². The van der Waals surface area contributed by atoms with Crippen molar-refractivity contribution in [1.29, 1.82) is 0 Å². The van der Waals surface area contributed by atoms with Crippen LogP contribution in [0.15, 0.2) is 12.3 Å². The maximum atomic E-state index is 6.12. The van der Waals surface area contributed by atoms with Gasteiger partial charge in [0.2, 0.25) is 0 Å². The Hall–Kier alpha value is -0.870. The number of ether oxygens (including phenoxy) is 1. The van der Waals surface area contributed by atoms with Gasteiger partial charge >= 0.3 is 0 Å². The SMILES string of the molecule is Cn1ccc(CC(N)C2CCCCO2)n1. The quantitative estimate of drug-likeness (QED) is 0.803. The maximum Gasteiger partial charge on any atom is 0.0729 e. The summed E-state index contributed by atoms with van der Waals surface area (Å²) in [6, 6.07) is 2.10. The van der Waals surface area contributed by atoms with E-state index in [1.165, 1.54) is 12.8 Å². The van der Waals surface area contributed by atoms with E-state index in [0.29, 0.717) is 0 Å². The first-order chi connectivity index (χ1) is 7.25. The van der Waals surface area contributed by atoms with E-state index in [1.54, 1.807) is 0 Å². The standard InChI is InChI=1S/C11H19N3O/c1-14-6-5-9(13-14)8-10(12)11-4-2-3-7-15-11/h5-6,10-11H,2-4,7-8,12H2,1H3. The summed E-state index contributed by atoms with van der Waals surface area (Å²) < 4.78 is 7.47. The van der Waals surface area contributed by atoms with E-state index >= 15 is 0 Å². The lowest BCUT2D eigenvalue weighted by Gasteiger charge is -2.27. The van der Waals surface area contributed by atoms with Gasteiger partial charge in [0.1, 0.15) is 0 Å². The minimum atomic E-state index is 0.0835. The van der Waals surface area contributed by atoms with Crippen LogP contribution in [0, 0.1) is 0 Å². The third-order valence-electron chi connectivity index (χ3n) is 2.91. The molecule has 2 atom stereocenters. The predicted molar refractivity (Wildman–Crippen MR) is 58.5 cm³/mol. The van der Waals surface area contributed by atoms with Crippen molar-refractivity contribution < 1.29 is 4.74 Å². The van der Waals surface area contributed by atoms with Crippen molar-refractivity contribution in [1.82, 2.24) is 9.78 Å². The Labute approximate surface area is 90.4 Å². The Kier molecular flexibility index (Phi) is 3.38. The van der Waals surface area contributed by atoms with Crippen molar-refractivity contribution in [3.63, 3.8) is 0 Å². The minimum absolute atomic E-state index is 0.0835. The lowest BCUT2D eigenvalue weighted by atomic mass is 9.99. The van der Waals surface area contributed by atoms with Crippen LogP contribution in [0.5, 0.6) is 0 Å². The molecular weight excluding hydrogens is 190 g/mol. The average Bonchev–Trinajstić information content (AvgIpc) is 2.65. The first kappa shape index (κ1) is 10.6. The van der Waals surface area contributed by atoms with Gasteiger partial charge in [0.15, 0.2) is 0 Å². The molecule has 2 unspecified atom stereocenters. The van der Waals surface area contributed by atoms with Crippen LogP contribution in [0.2, 0.25) is 0 Å². The van der Waals surface area contributed by atoms with Crippen LogP contribution >= 0.6 is 0 Å². The highest BCUT2D eigenvalue weighted by molar-refractivity contribution is 5.02. The zero-order valence-electron chi connectivity index (χ0n) is 9.22. The molecule has 0 amide bonds. The van der Waals surface area contributed by atoms with E-state index in [4.69, 9.17) is 10.5 Å². The second-order valence-electron chi connectivity index (χ2n) is 4.25. The number of hydrogen-bond donors (Lipinski definition) is 1. The molecule has 0 aromatic carbocycles. The summed E-state index contributed by atoms with van der Waals surface area (Å²) in [4.78, 5) is 0. The number of nitrogens with zero attached hydrogens (tertiary/aromatic N) is 2. The summed E-state index contributed by atoms with van der Waals surface area (Å²) in [5.74, 6) is 0. The van der Waals surface area contributed by atoms with Crippen LogP contribution in [0.1, 0.15) is 25.0 Å². The van der Waals surface area contributed by atoms with Crippen molar-refractivity contribution in [3.8, 4) is 0 Å². The summed E-state index contributed by atoms with van der Waals surface area (Å²) in [7, 11) is 1.92. The molecule has 1 aliphatic heterocycles. The van der Waals surface area contributed by atoms with E-state index in [2.05, 4.69) is 5.10 Å². The van der Waals surface area contributed by atoms with Crippen LogP contribution in [0.3, 0.4) is 0 Å². The minimum Gasteiger partial charge on any atom is -0.377 e. The van der Waals surface area contributed by atoms with Crippen molar-refractivity contribution in [2.45, 2.75) is 37.8 Å². The van der Waals surface area contributed by atoms with Gasteiger partial charge in [0.25, 0.3) is 0 Å². The van der Waals surface area contributed by atoms with Crippen molar-refractivity contribution in [2.75, 3.05) is 6.61 Å². The predicted octanol–water partition coefficient (Wildman–Crippen LogP) is 0.859. The highest BCUT2D eigenvalue weighted by Crippen LogP contribution is 2.16. The Morgan fingerprint density at radius 2 is 2.53 bits per heavy atom. The summed E-state index contributed by atoms with van der Waals surface area (Å²) in [6.07, 6.45) is 6.48. The van der Waals surface area contributed by atoms with Crippen LogP contribution in [-0.2, 0) is 18.2 Å².